The molecule has 0 bridgehead atoms. The van der Waals surface area contributed by atoms with E-state index in [1.165, 1.54) is 12.1 Å². The van der Waals surface area contributed by atoms with Gasteiger partial charge >= 0.3 is 0 Å². The van der Waals surface area contributed by atoms with Gasteiger partial charge in [0.05, 0.1) is 16.5 Å². The van der Waals surface area contributed by atoms with Gasteiger partial charge in [-0.15, -0.1) is 0 Å². The standard InChI is InChI=1S/C11H18N2O3S/c1-8(14)11(2,3)13-9-4-6-10(7-5-9)17(12,15)16/h4-8,13-14H,1-3H3,(H2,12,15,16). The highest BCUT2D eigenvalue weighted by atomic mass is 32.2. The van der Waals surface area contributed by atoms with Crippen molar-refractivity contribution in [3.8, 4) is 0 Å². The maximum absolute atomic E-state index is 11.1. The Labute approximate surface area is 102 Å². The minimum atomic E-state index is -3.66. The fourth-order valence-corrected chi connectivity index (χ4v) is 1.72. The number of aliphatic hydroxyl groups is 1. The lowest BCUT2D eigenvalue weighted by molar-refractivity contribution is 0.133. The quantitative estimate of drug-likeness (QED) is 0.748. The van der Waals surface area contributed by atoms with Crippen LogP contribution >= 0.6 is 0 Å². The normalized spacial score (nSPS) is 14.4. The van der Waals surface area contributed by atoms with E-state index in [-0.39, 0.29) is 4.90 Å². The fraction of sp³-hybridized carbons (Fsp3) is 0.455. The third-order valence-corrected chi connectivity index (χ3v) is 3.62. The molecule has 0 aliphatic rings. The SMILES string of the molecule is CC(O)C(C)(C)Nc1ccc(S(N)(=O)=O)cc1. The summed E-state index contributed by atoms with van der Waals surface area (Å²) in [6, 6.07) is 6.08. The lowest BCUT2D eigenvalue weighted by Gasteiger charge is -2.30. The lowest BCUT2D eigenvalue weighted by atomic mass is 9.98. The molecule has 17 heavy (non-hydrogen) atoms. The molecule has 1 aromatic carbocycles. The van der Waals surface area contributed by atoms with Gasteiger partial charge in [0.15, 0.2) is 0 Å². The van der Waals surface area contributed by atoms with Crippen molar-refractivity contribution < 1.29 is 13.5 Å². The van der Waals surface area contributed by atoms with Gasteiger partial charge in [0.25, 0.3) is 0 Å². The van der Waals surface area contributed by atoms with Crippen molar-refractivity contribution >= 4 is 15.7 Å². The Morgan fingerprint density at radius 1 is 1.29 bits per heavy atom. The number of aliphatic hydroxyl groups excluding tert-OH is 1. The van der Waals surface area contributed by atoms with Gasteiger partial charge in [0.2, 0.25) is 10.0 Å². The molecule has 6 heteroatoms. The average Bonchev–Trinajstić information content (AvgIpc) is 2.16. The highest BCUT2D eigenvalue weighted by molar-refractivity contribution is 7.89. The van der Waals surface area contributed by atoms with E-state index in [0.29, 0.717) is 0 Å². The van der Waals surface area contributed by atoms with Crippen LogP contribution in [0.5, 0.6) is 0 Å². The highest BCUT2D eigenvalue weighted by Gasteiger charge is 2.23. The summed E-state index contributed by atoms with van der Waals surface area (Å²) >= 11 is 0. The molecule has 1 rings (SSSR count). The smallest absolute Gasteiger partial charge is 0.238 e. The Balaban J connectivity index is 2.90. The van der Waals surface area contributed by atoms with E-state index >= 15 is 0 Å². The minimum absolute atomic E-state index is 0.0675. The van der Waals surface area contributed by atoms with Crippen LogP contribution in [-0.4, -0.2) is 25.2 Å². The Kier molecular flexibility index (Phi) is 3.81. The number of sulfonamides is 1. The number of nitrogens with two attached hydrogens (primary N) is 1. The van der Waals surface area contributed by atoms with E-state index in [4.69, 9.17) is 5.14 Å². The van der Waals surface area contributed by atoms with Crippen LogP contribution in [-0.2, 0) is 10.0 Å². The van der Waals surface area contributed by atoms with Gasteiger partial charge in [-0.2, -0.15) is 0 Å². The number of hydrogen-bond acceptors (Lipinski definition) is 4. The van der Waals surface area contributed by atoms with E-state index in [9.17, 15) is 13.5 Å². The Morgan fingerprint density at radius 3 is 2.12 bits per heavy atom. The predicted molar refractivity (Wildman–Crippen MR) is 67.2 cm³/mol. The molecule has 0 spiro atoms. The van der Waals surface area contributed by atoms with Crippen molar-refractivity contribution in [2.75, 3.05) is 5.32 Å². The largest absolute Gasteiger partial charge is 0.391 e. The van der Waals surface area contributed by atoms with Gasteiger partial charge in [0.1, 0.15) is 0 Å². The van der Waals surface area contributed by atoms with Crippen LogP contribution in [0.1, 0.15) is 20.8 Å². The number of anilines is 1. The molecule has 1 aromatic rings. The van der Waals surface area contributed by atoms with Crippen molar-refractivity contribution in [3.63, 3.8) is 0 Å². The summed E-state index contributed by atoms with van der Waals surface area (Å²) in [6.45, 7) is 5.39. The predicted octanol–water partition coefficient (Wildman–Crippen LogP) is 0.905. The Morgan fingerprint density at radius 2 is 1.76 bits per heavy atom. The van der Waals surface area contributed by atoms with Crippen molar-refractivity contribution in [1.29, 1.82) is 0 Å². The van der Waals surface area contributed by atoms with Crippen LogP contribution in [0.4, 0.5) is 5.69 Å². The van der Waals surface area contributed by atoms with E-state index in [1.54, 1.807) is 19.1 Å². The Bertz CT molecular complexity index is 478. The summed E-state index contributed by atoms with van der Waals surface area (Å²) in [5.41, 5.74) is 0.228. The molecule has 0 saturated carbocycles. The molecule has 0 aliphatic carbocycles. The topological polar surface area (TPSA) is 92.4 Å². The minimum Gasteiger partial charge on any atom is -0.391 e. The molecular weight excluding hydrogens is 240 g/mol. The van der Waals surface area contributed by atoms with Crippen LogP contribution in [0.25, 0.3) is 0 Å². The van der Waals surface area contributed by atoms with Gasteiger partial charge < -0.3 is 10.4 Å². The van der Waals surface area contributed by atoms with Gasteiger partial charge in [-0.3, -0.25) is 0 Å². The number of rotatable bonds is 4. The second-order valence-corrected chi connectivity index (χ2v) is 6.15. The molecule has 1 unspecified atom stereocenters. The number of primary sulfonamides is 1. The van der Waals surface area contributed by atoms with Gasteiger partial charge in [-0.25, -0.2) is 13.6 Å². The van der Waals surface area contributed by atoms with Crippen LogP contribution in [0.3, 0.4) is 0 Å². The van der Waals surface area contributed by atoms with Crippen LogP contribution in [0, 0.1) is 0 Å². The molecule has 96 valence electrons. The number of hydrogen-bond donors (Lipinski definition) is 3. The zero-order valence-corrected chi connectivity index (χ0v) is 11.0. The van der Waals surface area contributed by atoms with Crippen LogP contribution in [0.2, 0.25) is 0 Å². The second-order valence-electron chi connectivity index (χ2n) is 4.59. The van der Waals surface area contributed by atoms with Crippen molar-refractivity contribution in [3.05, 3.63) is 24.3 Å². The summed E-state index contributed by atoms with van der Waals surface area (Å²) in [7, 11) is -3.66. The van der Waals surface area contributed by atoms with Crippen molar-refractivity contribution in [2.45, 2.75) is 37.3 Å². The van der Waals surface area contributed by atoms with Gasteiger partial charge in [-0.1, -0.05) is 0 Å². The molecule has 0 radical (unpaired) electrons. The first-order valence-electron chi connectivity index (χ1n) is 5.22. The zero-order valence-electron chi connectivity index (χ0n) is 10.1. The molecule has 0 amide bonds. The molecule has 0 fully saturated rings. The summed E-state index contributed by atoms with van der Waals surface area (Å²) in [6.07, 6.45) is -0.541. The molecule has 4 N–H and O–H groups in total. The Hall–Kier alpha value is -1.11. The van der Waals surface area contributed by atoms with E-state index in [2.05, 4.69) is 5.32 Å². The lowest BCUT2D eigenvalue weighted by Crippen LogP contribution is -2.41. The molecule has 0 saturated heterocycles. The molecule has 0 heterocycles. The monoisotopic (exact) mass is 258 g/mol. The molecule has 1 atom stereocenters. The summed E-state index contributed by atoms with van der Waals surface area (Å²) in [5, 5.41) is 17.7. The first-order valence-corrected chi connectivity index (χ1v) is 6.77. The van der Waals surface area contributed by atoms with Crippen molar-refractivity contribution in [2.24, 2.45) is 5.14 Å². The fourth-order valence-electron chi connectivity index (χ4n) is 1.20. The molecule has 0 aromatic heterocycles. The van der Waals surface area contributed by atoms with E-state index in [0.717, 1.165) is 5.69 Å². The van der Waals surface area contributed by atoms with Crippen LogP contribution in [0.15, 0.2) is 29.2 Å². The number of nitrogens with one attached hydrogen (secondary N) is 1. The average molecular weight is 258 g/mol. The maximum atomic E-state index is 11.1. The number of benzene rings is 1. The first kappa shape index (κ1) is 14.0. The second kappa shape index (κ2) is 4.64. The third-order valence-electron chi connectivity index (χ3n) is 2.69. The van der Waals surface area contributed by atoms with Crippen LogP contribution < -0.4 is 10.5 Å². The zero-order chi connectivity index (χ0) is 13.3. The van der Waals surface area contributed by atoms with Gasteiger partial charge in [0, 0.05) is 5.69 Å². The third kappa shape index (κ3) is 3.69. The maximum Gasteiger partial charge on any atom is 0.238 e. The molecular formula is C11H18N2O3S. The van der Waals surface area contributed by atoms with Crippen molar-refractivity contribution in [1.82, 2.24) is 0 Å². The van der Waals surface area contributed by atoms with E-state index in [1.807, 2.05) is 13.8 Å². The van der Waals surface area contributed by atoms with E-state index < -0.39 is 21.7 Å². The summed E-state index contributed by atoms with van der Waals surface area (Å²) in [4.78, 5) is 0.0675. The summed E-state index contributed by atoms with van der Waals surface area (Å²) in [5.74, 6) is 0. The molecule has 0 aliphatic heterocycles. The van der Waals surface area contributed by atoms with Gasteiger partial charge in [-0.05, 0) is 45.0 Å². The summed E-state index contributed by atoms with van der Waals surface area (Å²) < 4.78 is 22.1. The molecule has 5 nitrogen and oxygen atoms in total. The highest BCUT2D eigenvalue weighted by Crippen LogP contribution is 2.19. The first-order chi connectivity index (χ1) is 7.63.